The van der Waals surface area contributed by atoms with Crippen LogP contribution in [0.5, 0.6) is 0 Å². The highest BCUT2D eigenvalue weighted by atomic mass is 35.5. The zero-order valence-corrected chi connectivity index (χ0v) is 18.6. The van der Waals surface area contributed by atoms with Crippen molar-refractivity contribution in [2.75, 3.05) is 0 Å². The third-order valence-electron chi connectivity index (χ3n) is 5.89. The Bertz CT molecular complexity index is 858. The van der Waals surface area contributed by atoms with Gasteiger partial charge in [0, 0.05) is 29.9 Å². The van der Waals surface area contributed by atoms with Gasteiger partial charge < -0.3 is 9.64 Å². The molecule has 3 rings (SSSR count). The van der Waals surface area contributed by atoms with Crippen molar-refractivity contribution in [1.29, 1.82) is 0 Å². The molecule has 0 heterocycles. The van der Waals surface area contributed by atoms with Gasteiger partial charge in [-0.25, -0.2) is 4.79 Å². The topological polar surface area (TPSA) is 46.6 Å². The van der Waals surface area contributed by atoms with Crippen molar-refractivity contribution < 1.29 is 14.3 Å². The number of rotatable bonds is 9. The van der Waals surface area contributed by atoms with E-state index >= 15 is 0 Å². The summed E-state index contributed by atoms with van der Waals surface area (Å²) < 4.78 is 5.65. The lowest BCUT2D eigenvalue weighted by molar-refractivity contribution is -0.124. The van der Waals surface area contributed by atoms with Crippen LogP contribution in [0.2, 0.25) is 5.02 Å². The summed E-state index contributed by atoms with van der Waals surface area (Å²) in [5.41, 5.74) is 1.96. The van der Waals surface area contributed by atoms with Gasteiger partial charge in [0.2, 0.25) is 0 Å². The highest BCUT2D eigenvalue weighted by molar-refractivity contribution is 6.30. The molecule has 5 heteroatoms. The number of nitrogens with zero attached hydrogens (tertiary/aromatic N) is 1. The van der Waals surface area contributed by atoms with E-state index in [0.29, 0.717) is 23.8 Å². The maximum absolute atomic E-state index is 13.0. The van der Waals surface area contributed by atoms with Crippen molar-refractivity contribution in [3.63, 3.8) is 0 Å². The lowest BCUT2D eigenvalue weighted by atomic mass is 9.81. The zero-order chi connectivity index (χ0) is 22.1. The number of hydrogen-bond donors (Lipinski definition) is 0. The van der Waals surface area contributed by atoms with Gasteiger partial charge in [-0.05, 0) is 55.4 Å². The summed E-state index contributed by atoms with van der Waals surface area (Å²) in [6, 6.07) is 17.3. The number of ether oxygens (including phenoxy) is 1. The molecule has 1 aliphatic carbocycles. The number of carbonyl (C=O) groups excluding carboxylic acids is 2. The van der Waals surface area contributed by atoms with E-state index in [-0.39, 0.29) is 24.7 Å². The van der Waals surface area contributed by atoms with Gasteiger partial charge in [-0.15, -0.1) is 6.58 Å². The zero-order valence-electron chi connectivity index (χ0n) is 17.8. The van der Waals surface area contributed by atoms with Crippen molar-refractivity contribution in [3.05, 3.63) is 83.4 Å². The SMILES string of the molecule is C=CCCC(=O)C1CCC(N(Cc2ccc(Cl)cc2)C(=O)OCc2ccccc2)CC1. The monoisotopic (exact) mass is 439 g/mol. The fourth-order valence-electron chi connectivity index (χ4n) is 4.09. The second-order valence-corrected chi connectivity index (χ2v) is 8.53. The Morgan fingerprint density at radius 3 is 2.32 bits per heavy atom. The Morgan fingerprint density at radius 2 is 1.68 bits per heavy atom. The Morgan fingerprint density at radius 1 is 1.00 bits per heavy atom. The normalized spacial score (nSPS) is 18.2. The number of carbonyl (C=O) groups is 2. The first-order valence-electron chi connectivity index (χ1n) is 10.9. The smallest absolute Gasteiger partial charge is 0.410 e. The van der Waals surface area contributed by atoms with E-state index in [2.05, 4.69) is 6.58 Å². The van der Waals surface area contributed by atoms with Gasteiger partial charge >= 0.3 is 6.09 Å². The van der Waals surface area contributed by atoms with Gasteiger partial charge in [-0.1, -0.05) is 60.1 Å². The minimum atomic E-state index is -0.319. The van der Waals surface area contributed by atoms with Crippen LogP contribution in [0, 0.1) is 5.92 Å². The van der Waals surface area contributed by atoms with Gasteiger partial charge in [-0.2, -0.15) is 0 Å². The first kappa shape index (κ1) is 23.1. The molecule has 164 valence electrons. The number of halogens is 1. The Hall–Kier alpha value is -2.59. The molecule has 31 heavy (non-hydrogen) atoms. The summed E-state index contributed by atoms with van der Waals surface area (Å²) >= 11 is 6.02. The molecule has 0 aliphatic heterocycles. The second kappa shape index (κ2) is 11.7. The quantitative estimate of drug-likeness (QED) is 0.415. The van der Waals surface area contributed by atoms with Gasteiger partial charge in [0.05, 0.1) is 0 Å². The standard InChI is InChI=1S/C26H30ClNO3/c1-2-3-9-25(29)22-12-16-24(17-13-22)28(18-20-10-14-23(27)15-11-20)26(30)31-19-21-7-5-4-6-8-21/h2,4-8,10-11,14-15,22,24H,1,3,9,12-13,16-19H2. The van der Waals surface area contributed by atoms with Crippen LogP contribution >= 0.6 is 11.6 Å². The molecule has 0 N–H and O–H groups in total. The molecule has 1 aliphatic rings. The molecule has 0 atom stereocenters. The maximum atomic E-state index is 13.0. The molecule has 0 radical (unpaired) electrons. The maximum Gasteiger partial charge on any atom is 0.410 e. The fraction of sp³-hybridized carbons (Fsp3) is 0.385. The summed E-state index contributed by atoms with van der Waals surface area (Å²) in [5, 5.41) is 0.667. The van der Waals surface area contributed by atoms with Crippen LogP contribution in [0.25, 0.3) is 0 Å². The second-order valence-electron chi connectivity index (χ2n) is 8.09. The average molecular weight is 440 g/mol. The van der Waals surface area contributed by atoms with Gasteiger partial charge in [0.1, 0.15) is 12.4 Å². The molecule has 0 saturated heterocycles. The Balaban J connectivity index is 1.65. The van der Waals surface area contributed by atoms with Crippen LogP contribution in [-0.4, -0.2) is 22.8 Å². The minimum absolute atomic E-state index is 0.0578. The van der Waals surface area contributed by atoms with Crippen LogP contribution in [0.1, 0.15) is 49.7 Å². The van der Waals surface area contributed by atoms with E-state index in [0.717, 1.165) is 43.2 Å². The number of hydrogen-bond acceptors (Lipinski definition) is 3. The molecule has 0 aromatic heterocycles. The number of Topliss-reactive ketones (excluding diaryl/α,β-unsaturated/α-hetero) is 1. The molecular weight excluding hydrogens is 410 g/mol. The molecule has 0 unspecified atom stereocenters. The van der Waals surface area contributed by atoms with E-state index in [9.17, 15) is 9.59 Å². The van der Waals surface area contributed by atoms with Crippen molar-refractivity contribution in [2.45, 2.75) is 57.7 Å². The van der Waals surface area contributed by atoms with E-state index in [1.165, 1.54) is 0 Å². The highest BCUT2D eigenvalue weighted by Crippen LogP contribution is 2.31. The van der Waals surface area contributed by atoms with E-state index in [1.54, 1.807) is 6.08 Å². The molecule has 2 aromatic carbocycles. The summed E-state index contributed by atoms with van der Waals surface area (Å²) in [6.45, 7) is 4.40. The molecule has 1 saturated carbocycles. The van der Waals surface area contributed by atoms with E-state index in [1.807, 2.05) is 59.5 Å². The average Bonchev–Trinajstić information content (AvgIpc) is 2.81. The Labute approximate surface area is 189 Å². The first-order valence-corrected chi connectivity index (χ1v) is 11.3. The van der Waals surface area contributed by atoms with Crippen molar-refractivity contribution >= 4 is 23.5 Å². The number of allylic oxidation sites excluding steroid dienone is 1. The van der Waals surface area contributed by atoms with Gasteiger partial charge in [0.15, 0.2) is 0 Å². The van der Waals surface area contributed by atoms with Crippen molar-refractivity contribution in [3.8, 4) is 0 Å². The molecule has 0 bridgehead atoms. The van der Waals surface area contributed by atoms with Gasteiger partial charge in [-0.3, -0.25) is 4.79 Å². The summed E-state index contributed by atoms with van der Waals surface area (Å²) in [4.78, 5) is 27.2. The number of ketones is 1. The van der Waals surface area contributed by atoms with Gasteiger partial charge in [0.25, 0.3) is 0 Å². The van der Waals surface area contributed by atoms with E-state index < -0.39 is 0 Å². The highest BCUT2D eigenvalue weighted by Gasteiger charge is 2.32. The third-order valence-corrected chi connectivity index (χ3v) is 6.15. The predicted octanol–water partition coefficient (Wildman–Crippen LogP) is 6.57. The van der Waals surface area contributed by atoms with Crippen LogP contribution in [-0.2, 0) is 22.7 Å². The first-order chi connectivity index (χ1) is 15.1. The van der Waals surface area contributed by atoms with Crippen LogP contribution in [0.15, 0.2) is 67.3 Å². The lowest BCUT2D eigenvalue weighted by Gasteiger charge is -2.36. The van der Waals surface area contributed by atoms with Crippen LogP contribution in [0.4, 0.5) is 4.79 Å². The lowest BCUT2D eigenvalue weighted by Crippen LogP contribution is -2.42. The molecule has 4 nitrogen and oxygen atoms in total. The minimum Gasteiger partial charge on any atom is -0.445 e. The van der Waals surface area contributed by atoms with Crippen LogP contribution < -0.4 is 0 Å². The summed E-state index contributed by atoms with van der Waals surface area (Å²) in [6.07, 6.45) is 5.99. The Kier molecular flexibility index (Phi) is 8.72. The molecular formula is C26H30ClNO3. The summed E-state index contributed by atoms with van der Waals surface area (Å²) in [7, 11) is 0. The number of amides is 1. The van der Waals surface area contributed by atoms with Crippen molar-refractivity contribution in [1.82, 2.24) is 4.90 Å². The van der Waals surface area contributed by atoms with Crippen LogP contribution in [0.3, 0.4) is 0 Å². The largest absolute Gasteiger partial charge is 0.445 e. The summed E-state index contributed by atoms with van der Waals surface area (Å²) in [5.74, 6) is 0.406. The molecule has 2 aromatic rings. The fourth-order valence-corrected chi connectivity index (χ4v) is 4.22. The molecule has 1 amide bonds. The predicted molar refractivity (Wildman–Crippen MR) is 124 cm³/mol. The third kappa shape index (κ3) is 6.96. The molecule has 0 spiro atoms. The molecule has 1 fully saturated rings. The van der Waals surface area contributed by atoms with Crippen molar-refractivity contribution in [2.24, 2.45) is 5.92 Å². The number of benzene rings is 2. The van der Waals surface area contributed by atoms with E-state index in [4.69, 9.17) is 16.3 Å².